The van der Waals surface area contributed by atoms with Crippen molar-refractivity contribution in [2.75, 3.05) is 7.05 Å². The van der Waals surface area contributed by atoms with Gasteiger partial charge in [-0.3, -0.25) is 0 Å². The zero-order chi connectivity index (χ0) is 12.1. The summed E-state index contributed by atoms with van der Waals surface area (Å²) in [6, 6.07) is 13.6. The number of nitrogens with one attached hydrogen (secondary N) is 1. The number of benzene rings is 1. The molecule has 0 bridgehead atoms. The predicted molar refractivity (Wildman–Crippen MR) is 77.8 cm³/mol. The van der Waals surface area contributed by atoms with Gasteiger partial charge < -0.3 is 5.32 Å². The normalized spacial score (nSPS) is 12.6. The molecule has 0 aliphatic rings. The predicted octanol–water partition coefficient (Wildman–Crippen LogP) is 4.32. The van der Waals surface area contributed by atoms with E-state index in [1.54, 1.807) is 0 Å². The van der Waals surface area contributed by atoms with Gasteiger partial charge in [0.15, 0.2) is 0 Å². The van der Waals surface area contributed by atoms with Crippen molar-refractivity contribution in [3.8, 4) is 0 Å². The second kappa shape index (κ2) is 6.24. The van der Waals surface area contributed by atoms with Crippen molar-refractivity contribution in [1.29, 1.82) is 0 Å². The lowest BCUT2D eigenvalue weighted by Gasteiger charge is -2.10. The lowest BCUT2D eigenvalue weighted by atomic mass is 10.1. The topological polar surface area (TPSA) is 12.0 Å². The molecule has 1 unspecified atom stereocenters. The van der Waals surface area contributed by atoms with Gasteiger partial charge in [0.2, 0.25) is 0 Å². The number of thiophene rings is 1. The molecule has 1 N–H and O–H groups in total. The van der Waals surface area contributed by atoms with E-state index in [2.05, 4.69) is 54.0 Å². The van der Waals surface area contributed by atoms with E-state index >= 15 is 0 Å². The number of hydrogen-bond acceptors (Lipinski definition) is 3. The summed E-state index contributed by atoms with van der Waals surface area (Å²) in [6.45, 7) is 2.17. The lowest BCUT2D eigenvalue weighted by molar-refractivity contribution is 0.652. The Balaban J connectivity index is 1.94. The average Bonchev–Trinajstić information content (AvgIpc) is 2.89. The van der Waals surface area contributed by atoms with Crippen molar-refractivity contribution in [3.63, 3.8) is 0 Å². The molecule has 1 aromatic heterocycles. The fourth-order valence-corrected chi connectivity index (χ4v) is 3.24. The van der Waals surface area contributed by atoms with Gasteiger partial charge in [0.25, 0.3) is 0 Å². The average molecular weight is 263 g/mol. The maximum absolute atomic E-state index is 3.25. The van der Waals surface area contributed by atoms with E-state index in [0.717, 1.165) is 5.75 Å². The Labute approximate surface area is 111 Å². The number of hydrogen-bond donors (Lipinski definition) is 1. The second-order valence-electron chi connectivity index (χ2n) is 3.95. The highest BCUT2D eigenvalue weighted by molar-refractivity contribution is 7.98. The first-order chi connectivity index (χ1) is 8.29. The minimum Gasteiger partial charge on any atom is -0.313 e. The van der Waals surface area contributed by atoms with Crippen LogP contribution < -0.4 is 5.32 Å². The first-order valence-electron chi connectivity index (χ1n) is 5.72. The van der Waals surface area contributed by atoms with Crippen molar-refractivity contribution in [1.82, 2.24) is 5.32 Å². The molecule has 0 radical (unpaired) electrons. The second-order valence-corrected chi connectivity index (χ2v) is 6.03. The summed E-state index contributed by atoms with van der Waals surface area (Å²) in [4.78, 5) is 2.77. The standard InChI is InChI=1S/C14H17NS2/c1-11(15-2)12-5-7-13(8-6-12)17-10-14-4-3-9-16-14/h3-9,11,15H,10H2,1-2H3. The Bertz CT molecular complexity index is 434. The minimum absolute atomic E-state index is 0.423. The fraction of sp³-hybridized carbons (Fsp3) is 0.286. The smallest absolute Gasteiger partial charge is 0.0326 e. The lowest BCUT2D eigenvalue weighted by Crippen LogP contribution is -2.11. The molecule has 0 fully saturated rings. The van der Waals surface area contributed by atoms with Crippen molar-refractivity contribution >= 4 is 23.1 Å². The molecule has 17 heavy (non-hydrogen) atoms. The summed E-state index contributed by atoms with van der Waals surface area (Å²) >= 11 is 3.72. The summed E-state index contributed by atoms with van der Waals surface area (Å²) in [5.74, 6) is 1.07. The zero-order valence-electron chi connectivity index (χ0n) is 10.1. The molecule has 1 heterocycles. The van der Waals surface area contributed by atoms with E-state index in [1.807, 2.05) is 30.1 Å². The van der Waals surface area contributed by atoms with Crippen molar-refractivity contribution < 1.29 is 0 Å². The van der Waals surface area contributed by atoms with Gasteiger partial charge >= 0.3 is 0 Å². The van der Waals surface area contributed by atoms with Gasteiger partial charge in [-0.1, -0.05) is 18.2 Å². The molecule has 2 aromatic rings. The maximum atomic E-state index is 3.25. The van der Waals surface area contributed by atoms with Crippen LogP contribution in [0, 0.1) is 0 Å². The van der Waals surface area contributed by atoms with Crippen LogP contribution in [0.25, 0.3) is 0 Å². The first kappa shape index (κ1) is 12.7. The van der Waals surface area contributed by atoms with Gasteiger partial charge in [0, 0.05) is 21.6 Å². The highest BCUT2D eigenvalue weighted by Gasteiger charge is 2.02. The molecule has 90 valence electrons. The molecule has 0 spiro atoms. The molecule has 0 saturated heterocycles. The van der Waals surface area contributed by atoms with Crippen LogP contribution >= 0.6 is 23.1 Å². The third-order valence-corrected chi connectivity index (χ3v) is 4.89. The van der Waals surface area contributed by atoms with Crippen LogP contribution in [0.3, 0.4) is 0 Å². The van der Waals surface area contributed by atoms with Gasteiger partial charge in [-0.25, -0.2) is 0 Å². The Morgan fingerprint density at radius 1 is 1.24 bits per heavy atom. The molecular weight excluding hydrogens is 246 g/mol. The third-order valence-electron chi connectivity index (χ3n) is 2.77. The van der Waals surface area contributed by atoms with Gasteiger partial charge in [-0.15, -0.1) is 23.1 Å². The van der Waals surface area contributed by atoms with E-state index in [4.69, 9.17) is 0 Å². The molecule has 1 aromatic carbocycles. The molecule has 1 atom stereocenters. The molecule has 0 aliphatic carbocycles. The summed E-state index contributed by atoms with van der Waals surface area (Å²) in [6.07, 6.45) is 0. The summed E-state index contributed by atoms with van der Waals surface area (Å²) < 4.78 is 0. The van der Waals surface area contributed by atoms with Crippen LogP contribution in [0.2, 0.25) is 0 Å². The zero-order valence-corrected chi connectivity index (χ0v) is 11.8. The SMILES string of the molecule is CNC(C)c1ccc(SCc2cccs2)cc1. The van der Waals surface area contributed by atoms with E-state index in [-0.39, 0.29) is 0 Å². The Kier molecular flexibility index (Phi) is 4.66. The van der Waals surface area contributed by atoms with Gasteiger partial charge in [-0.05, 0) is 43.1 Å². The minimum atomic E-state index is 0.423. The van der Waals surface area contributed by atoms with Crippen LogP contribution in [0.15, 0.2) is 46.7 Å². The fourth-order valence-electron chi connectivity index (χ4n) is 1.57. The van der Waals surface area contributed by atoms with E-state index in [1.165, 1.54) is 15.3 Å². The van der Waals surface area contributed by atoms with Crippen molar-refractivity contribution in [3.05, 3.63) is 52.2 Å². The van der Waals surface area contributed by atoms with Crippen LogP contribution in [-0.4, -0.2) is 7.05 Å². The Hall–Kier alpha value is -0.770. The quantitative estimate of drug-likeness (QED) is 0.806. The third kappa shape index (κ3) is 3.60. The summed E-state index contributed by atoms with van der Waals surface area (Å²) in [7, 11) is 1.99. The van der Waals surface area contributed by atoms with Gasteiger partial charge in [0.05, 0.1) is 0 Å². The molecule has 3 heteroatoms. The van der Waals surface area contributed by atoms with Crippen LogP contribution in [0.1, 0.15) is 23.4 Å². The highest BCUT2D eigenvalue weighted by Crippen LogP contribution is 2.26. The first-order valence-corrected chi connectivity index (χ1v) is 7.58. The maximum Gasteiger partial charge on any atom is 0.0326 e. The van der Waals surface area contributed by atoms with Crippen LogP contribution in [0.4, 0.5) is 0 Å². The molecule has 2 rings (SSSR count). The Morgan fingerprint density at radius 3 is 2.59 bits per heavy atom. The molecule has 0 amide bonds. The molecular formula is C14H17NS2. The summed E-state index contributed by atoms with van der Waals surface area (Å²) in [5.41, 5.74) is 1.34. The monoisotopic (exact) mass is 263 g/mol. The van der Waals surface area contributed by atoms with E-state index in [0.29, 0.717) is 6.04 Å². The van der Waals surface area contributed by atoms with Gasteiger partial charge in [0.1, 0.15) is 0 Å². The van der Waals surface area contributed by atoms with Crippen LogP contribution in [0.5, 0.6) is 0 Å². The van der Waals surface area contributed by atoms with E-state index < -0.39 is 0 Å². The molecule has 0 saturated carbocycles. The molecule has 0 aliphatic heterocycles. The van der Waals surface area contributed by atoms with E-state index in [9.17, 15) is 0 Å². The van der Waals surface area contributed by atoms with Crippen molar-refractivity contribution in [2.45, 2.75) is 23.6 Å². The van der Waals surface area contributed by atoms with Crippen molar-refractivity contribution in [2.24, 2.45) is 0 Å². The summed E-state index contributed by atoms with van der Waals surface area (Å²) in [5, 5.41) is 5.38. The molecule has 1 nitrogen and oxygen atoms in total. The van der Waals surface area contributed by atoms with Gasteiger partial charge in [-0.2, -0.15) is 0 Å². The highest BCUT2D eigenvalue weighted by atomic mass is 32.2. The largest absolute Gasteiger partial charge is 0.313 e. The van der Waals surface area contributed by atoms with Crippen LogP contribution in [-0.2, 0) is 5.75 Å². The number of thioether (sulfide) groups is 1. The Morgan fingerprint density at radius 2 is 2.00 bits per heavy atom. The number of rotatable bonds is 5.